The van der Waals surface area contributed by atoms with Crippen LogP contribution in [0.2, 0.25) is 0 Å². The van der Waals surface area contributed by atoms with Crippen molar-refractivity contribution in [3.05, 3.63) is 59.2 Å². The number of hydrogen-bond donors (Lipinski definition) is 1. The Bertz CT molecular complexity index is 847. The minimum atomic E-state index is -0.334. The summed E-state index contributed by atoms with van der Waals surface area (Å²) in [6.45, 7) is 5.00. The summed E-state index contributed by atoms with van der Waals surface area (Å²) >= 11 is 0. The van der Waals surface area contributed by atoms with Gasteiger partial charge in [0.1, 0.15) is 5.75 Å². The van der Waals surface area contributed by atoms with Crippen molar-refractivity contribution < 1.29 is 14.3 Å². The van der Waals surface area contributed by atoms with E-state index in [2.05, 4.69) is 24.4 Å². The summed E-state index contributed by atoms with van der Waals surface area (Å²) in [5.74, 6) is 0.207. The van der Waals surface area contributed by atoms with E-state index in [4.69, 9.17) is 4.74 Å². The van der Waals surface area contributed by atoms with Crippen LogP contribution < -0.4 is 15.0 Å². The normalized spacial score (nSPS) is 16.5. The van der Waals surface area contributed by atoms with Gasteiger partial charge in [-0.05, 0) is 49.1 Å². The Morgan fingerprint density at radius 3 is 2.74 bits per heavy atom. The molecule has 3 rings (SSSR count). The van der Waals surface area contributed by atoms with Gasteiger partial charge >= 0.3 is 0 Å². The summed E-state index contributed by atoms with van der Waals surface area (Å²) in [5.41, 5.74) is 4.23. The number of carbonyl (C=O) groups is 2. The largest absolute Gasteiger partial charge is 0.495 e. The Labute approximate surface area is 160 Å². The minimum absolute atomic E-state index is 0.0436. The van der Waals surface area contributed by atoms with E-state index in [1.165, 1.54) is 11.1 Å². The topological polar surface area (TPSA) is 58.6 Å². The van der Waals surface area contributed by atoms with Crippen LogP contribution in [0.25, 0.3) is 0 Å². The number of amides is 2. The zero-order valence-corrected chi connectivity index (χ0v) is 16.1. The van der Waals surface area contributed by atoms with Crippen LogP contribution in [0.5, 0.6) is 5.75 Å². The highest BCUT2D eigenvalue weighted by atomic mass is 16.5. The lowest BCUT2D eigenvalue weighted by atomic mass is 10.1. The molecule has 142 valence electrons. The molecule has 1 fully saturated rings. The van der Waals surface area contributed by atoms with Crippen LogP contribution in [0, 0.1) is 19.8 Å². The van der Waals surface area contributed by atoms with Gasteiger partial charge < -0.3 is 15.0 Å². The molecule has 2 aromatic rings. The second kappa shape index (κ2) is 8.25. The predicted molar refractivity (Wildman–Crippen MR) is 106 cm³/mol. The number of anilines is 1. The standard InChI is InChI=1S/C22H26N2O3/c1-15-8-9-20(27-3)19(12-15)24-14-18(13-21(24)25)22(26)23-11-10-17-7-5-4-6-16(17)2/h4-9,12,18H,10-11,13-14H2,1-3H3,(H,23,26). The average Bonchev–Trinajstić information content (AvgIpc) is 3.05. The number of carbonyl (C=O) groups excluding carboxylic acids is 2. The molecule has 0 bridgehead atoms. The first-order valence-corrected chi connectivity index (χ1v) is 9.27. The van der Waals surface area contributed by atoms with Gasteiger partial charge in [0.15, 0.2) is 0 Å². The van der Waals surface area contributed by atoms with Crippen LogP contribution in [0.1, 0.15) is 23.1 Å². The molecule has 1 heterocycles. The van der Waals surface area contributed by atoms with E-state index in [1.807, 2.05) is 37.3 Å². The lowest BCUT2D eigenvalue weighted by Crippen LogP contribution is -2.34. The maximum atomic E-state index is 12.5. The molecule has 1 saturated heterocycles. The average molecular weight is 366 g/mol. The molecule has 1 aliphatic heterocycles. The Morgan fingerprint density at radius 1 is 1.22 bits per heavy atom. The van der Waals surface area contributed by atoms with Crippen LogP contribution in [0.4, 0.5) is 5.69 Å². The van der Waals surface area contributed by atoms with E-state index < -0.39 is 0 Å². The van der Waals surface area contributed by atoms with Gasteiger partial charge in [-0.1, -0.05) is 30.3 Å². The van der Waals surface area contributed by atoms with Crippen molar-refractivity contribution in [2.75, 3.05) is 25.1 Å². The number of rotatable bonds is 6. The lowest BCUT2D eigenvalue weighted by Gasteiger charge is -2.20. The molecule has 1 atom stereocenters. The minimum Gasteiger partial charge on any atom is -0.495 e. The number of nitrogens with one attached hydrogen (secondary N) is 1. The third-order valence-electron chi connectivity index (χ3n) is 5.08. The highest BCUT2D eigenvalue weighted by molar-refractivity contribution is 6.01. The molecule has 2 amide bonds. The summed E-state index contributed by atoms with van der Waals surface area (Å²) in [6, 6.07) is 13.9. The van der Waals surface area contributed by atoms with Crippen LogP contribution >= 0.6 is 0 Å². The van der Waals surface area contributed by atoms with Crippen molar-refractivity contribution in [2.45, 2.75) is 26.7 Å². The van der Waals surface area contributed by atoms with E-state index >= 15 is 0 Å². The third kappa shape index (κ3) is 4.30. The highest BCUT2D eigenvalue weighted by Crippen LogP contribution is 2.33. The maximum absolute atomic E-state index is 12.5. The maximum Gasteiger partial charge on any atom is 0.227 e. The summed E-state index contributed by atoms with van der Waals surface area (Å²) in [6.07, 6.45) is 1.02. The van der Waals surface area contributed by atoms with E-state index in [9.17, 15) is 9.59 Å². The van der Waals surface area contributed by atoms with Gasteiger partial charge in [0, 0.05) is 19.5 Å². The molecule has 5 nitrogen and oxygen atoms in total. The van der Waals surface area contributed by atoms with Gasteiger partial charge in [-0.15, -0.1) is 0 Å². The molecule has 0 aliphatic carbocycles. The van der Waals surface area contributed by atoms with Gasteiger partial charge in [0.25, 0.3) is 0 Å². The van der Waals surface area contributed by atoms with Gasteiger partial charge in [0.05, 0.1) is 18.7 Å². The van der Waals surface area contributed by atoms with E-state index in [-0.39, 0.29) is 24.2 Å². The van der Waals surface area contributed by atoms with Crippen molar-refractivity contribution >= 4 is 17.5 Å². The molecule has 1 unspecified atom stereocenters. The molecule has 0 spiro atoms. The van der Waals surface area contributed by atoms with Crippen molar-refractivity contribution in [3.63, 3.8) is 0 Å². The van der Waals surface area contributed by atoms with Crippen molar-refractivity contribution in [2.24, 2.45) is 5.92 Å². The quantitative estimate of drug-likeness (QED) is 0.855. The van der Waals surface area contributed by atoms with Crippen molar-refractivity contribution in [3.8, 4) is 5.75 Å². The molecule has 2 aromatic carbocycles. The smallest absolute Gasteiger partial charge is 0.227 e. The molecule has 5 heteroatoms. The predicted octanol–water partition coefficient (Wildman–Crippen LogP) is 3.02. The molecule has 0 radical (unpaired) electrons. The van der Waals surface area contributed by atoms with Crippen LogP contribution in [0.3, 0.4) is 0 Å². The van der Waals surface area contributed by atoms with Gasteiger partial charge in [-0.3, -0.25) is 9.59 Å². The first-order valence-electron chi connectivity index (χ1n) is 9.27. The second-order valence-corrected chi connectivity index (χ2v) is 7.05. The van der Waals surface area contributed by atoms with E-state index in [0.29, 0.717) is 18.8 Å². The van der Waals surface area contributed by atoms with Crippen LogP contribution in [0.15, 0.2) is 42.5 Å². The number of methoxy groups -OCH3 is 1. The van der Waals surface area contributed by atoms with Crippen molar-refractivity contribution in [1.29, 1.82) is 0 Å². The lowest BCUT2D eigenvalue weighted by molar-refractivity contribution is -0.126. The Kier molecular flexibility index (Phi) is 5.79. The monoisotopic (exact) mass is 366 g/mol. The molecule has 27 heavy (non-hydrogen) atoms. The molecule has 0 aromatic heterocycles. The van der Waals surface area contributed by atoms with Gasteiger partial charge in [-0.2, -0.15) is 0 Å². The number of aryl methyl sites for hydroxylation is 2. The number of ether oxygens (including phenoxy) is 1. The Hall–Kier alpha value is -2.82. The molecule has 0 saturated carbocycles. The zero-order chi connectivity index (χ0) is 19.4. The van der Waals surface area contributed by atoms with Crippen LogP contribution in [-0.2, 0) is 16.0 Å². The van der Waals surface area contributed by atoms with E-state index in [1.54, 1.807) is 12.0 Å². The van der Waals surface area contributed by atoms with Crippen LogP contribution in [-0.4, -0.2) is 32.0 Å². The molecule has 1 aliphatic rings. The summed E-state index contributed by atoms with van der Waals surface area (Å²) in [4.78, 5) is 26.7. The summed E-state index contributed by atoms with van der Waals surface area (Å²) in [7, 11) is 1.59. The molecular formula is C22H26N2O3. The summed E-state index contributed by atoms with van der Waals surface area (Å²) < 4.78 is 5.39. The van der Waals surface area contributed by atoms with Crippen molar-refractivity contribution in [1.82, 2.24) is 5.32 Å². The second-order valence-electron chi connectivity index (χ2n) is 7.05. The number of benzene rings is 2. The Morgan fingerprint density at radius 2 is 2.00 bits per heavy atom. The number of nitrogens with zero attached hydrogens (tertiary/aromatic N) is 1. The third-order valence-corrected chi connectivity index (χ3v) is 5.08. The van der Waals surface area contributed by atoms with Gasteiger partial charge in [0.2, 0.25) is 11.8 Å². The summed E-state index contributed by atoms with van der Waals surface area (Å²) in [5, 5.41) is 2.98. The van der Waals surface area contributed by atoms with E-state index in [0.717, 1.165) is 17.7 Å². The first-order chi connectivity index (χ1) is 13.0. The number of hydrogen-bond acceptors (Lipinski definition) is 3. The Balaban J connectivity index is 1.61. The highest BCUT2D eigenvalue weighted by Gasteiger charge is 2.36. The fourth-order valence-corrected chi connectivity index (χ4v) is 3.48. The molecular weight excluding hydrogens is 340 g/mol. The first kappa shape index (κ1) is 19.0. The van der Waals surface area contributed by atoms with Gasteiger partial charge in [-0.25, -0.2) is 0 Å². The zero-order valence-electron chi connectivity index (χ0n) is 16.1. The fraction of sp³-hybridized carbons (Fsp3) is 0.364. The SMILES string of the molecule is COc1ccc(C)cc1N1CC(C(=O)NCCc2ccccc2C)CC1=O. The molecule has 1 N–H and O–H groups in total. The fourth-order valence-electron chi connectivity index (χ4n) is 3.48.